The lowest BCUT2D eigenvalue weighted by Gasteiger charge is -2.07. The van der Waals surface area contributed by atoms with Crippen molar-refractivity contribution in [2.45, 2.75) is 0 Å². The Morgan fingerprint density at radius 3 is 2.58 bits per heavy atom. The number of benzene rings is 2. The van der Waals surface area contributed by atoms with E-state index in [0.717, 1.165) is 12.1 Å². The molecular formula is C17H10ClN3O5. The molecule has 8 nitrogen and oxygen atoms in total. The van der Waals surface area contributed by atoms with Gasteiger partial charge < -0.3 is 10.4 Å². The van der Waals surface area contributed by atoms with Crippen molar-refractivity contribution < 1.29 is 19.6 Å². The van der Waals surface area contributed by atoms with E-state index >= 15 is 0 Å². The Kier molecular flexibility index (Phi) is 5.67. The zero-order valence-electron chi connectivity index (χ0n) is 13.0. The van der Waals surface area contributed by atoms with Gasteiger partial charge in [-0.3, -0.25) is 14.9 Å². The highest BCUT2D eigenvalue weighted by molar-refractivity contribution is 6.32. The van der Waals surface area contributed by atoms with E-state index < -0.39 is 16.8 Å². The molecule has 0 radical (unpaired) electrons. The Hall–Kier alpha value is -3.70. The lowest BCUT2D eigenvalue weighted by Crippen LogP contribution is -2.16. The Morgan fingerprint density at radius 1 is 1.27 bits per heavy atom. The number of halogens is 1. The van der Waals surface area contributed by atoms with Gasteiger partial charge in [0.05, 0.1) is 16.2 Å². The van der Waals surface area contributed by atoms with Gasteiger partial charge in [-0.05, 0) is 29.8 Å². The third-order valence-corrected chi connectivity index (χ3v) is 3.57. The van der Waals surface area contributed by atoms with E-state index in [1.54, 1.807) is 6.07 Å². The highest BCUT2D eigenvalue weighted by atomic mass is 35.5. The summed E-state index contributed by atoms with van der Waals surface area (Å²) in [5.74, 6) is -2.09. The van der Waals surface area contributed by atoms with Crippen LogP contribution >= 0.6 is 11.6 Å². The zero-order valence-corrected chi connectivity index (χ0v) is 13.7. The smallest absolute Gasteiger partial charge is 0.337 e. The maximum atomic E-state index is 12.3. The molecule has 1 amide bonds. The Morgan fingerprint density at radius 2 is 1.96 bits per heavy atom. The van der Waals surface area contributed by atoms with Crippen LogP contribution in [0.5, 0.6) is 0 Å². The van der Waals surface area contributed by atoms with Gasteiger partial charge >= 0.3 is 5.97 Å². The minimum absolute atomic E-state index is 0.0215. The molecule has 2 aromatic carbocycles. The predicted molar refractivity (Wildman–Crippen MR) is 93.7 cm³/mol. The fraction of sp³-hybridized carbons (Fsp3) is 0. The first-order valence-corrected chi connectivity index (χ1v) is 7.40. The number of carbonyl (C=O) groups excluding carboxylic acids is 1. The summed E-state index contributed by atoms with van der Waals surface area (Å²) < 4.78 is 0. The summed E-state index contributed by atoms with van der Waals surface area (Å²) in [7, 11) is 0. The molecule has 26 heavy (non-hydrogen) atoms. The number of nitro benzene ring substituents is 1. The molecule has 0 aliphatic rings. The number of nitrogens with zero attached hydrogens (tertiary/aromatic N) is 2. The quantitative estimate of drug-likeness (QED) is 0.357. The number of amides is 1. The molecule has 0 aromatic heterocycles. The average Bonchev–Trinajstić information content (AvgIpc) is 2.60. The van der Waals surface area contributed by atoms with Crippen molar-refractivity contribution in [2.75, 3.05) is 5.32 Å². The fourth-order valence-corrected chi connectivity index (χ4v) is 2.23. The standard InChI is InChI=1S/C17H10ClN3O5/c18-13-6-5-10(8-15(13)21(25)26)7-11(9-19)16(22)20-14-4-2-1-3-12(14)17(23)24/h1-8H,(H,20,22)(H,23,24)/b11-7+. The molecule has 0 saturated heterocycles. The van der Waals surface area contributed by atoms with E-state index in [0.29, 0.717) is 0 Å². The highest BCUT2D eigenvalue weighted by Gasteiger charge is 2.16. The molecule has 2 N–H and O–H groups in total. The predicted octanol–water partition coefficient (Wildman–Crippen LogP) is 3.49. The molecule has 0 fully saturated rings. The summed E-state index contributed by atoms with van der Waals surface area (Å²) in [5.41, 5.74) is -0.621. The van der Waals surface area contributed by atoms with Crippen LogP contribution in [0.15, 0.2) is 48.0 Å². The third kappa shape index (κ3) is 4.23. The van der Waals surface area contributed by atoms with Crippen molar-refractivity contribution in [2.24, 2.45) is 0 Å². The summed E-state index contributed by atoms with van der Waals surface area (Å²) >= 11 is 5.72. The molecule has 0 aliphatic carbocycles. The van der Waals surface area contributed by atoms with Crippen LogP contribution in [-0.2, 0) is 4.79 Å². The highest BCUT2D eigenvalue weighted by Crippen LogP contribution is 2.26. The molecule has 2 rings (SSSR count). The number of anilines is 1. The van der Waals surface area contributed by atoms with Crippen LogP contribution in [0.1, 0.15) is 15.9 Å². The van der Waals surface area contributed by atoms with Crippen LogP contribution in [0.4, 0.5) is 11.4 Å². The topological polar surface area (TPSA) is 133 Å². The Balaban J connectivity index is 2.34. The monoisotopic (exact) mass is 371 g/mol. The van der Waals surface area contributed by atoms with Crippen LogP contribution in [0, 0.1) is 21.4 Å². The van der Waals surface area contributed by atoms with Crippen LogP contribution < -0.4 is 5.32 Å². The van der Waals surface area contributed by atoms with Gasteiger partial charge in [-0.15, -0.1) is 0 Å². The zero-order chi connectivity index (χ0) is 19.3. The summed E-state index contributed by atoms with van der Waals surface area (Å²) in [4.78, 5) is 33.6. The maximum absolute atomic E-state index is 12.3. The van der Waals surface area contributed by atoms with Crippen LogP contribution in [-0.4, -0.2) is 21.9 Å². The number of hydrogen-bond acceptors (Lipinski definition) is 5. The molecule has 0 aliphatic heterocycles. The Labute approximate surface area is 152 Å². The number of nitrogens with one attached hydrogen (secondary N) is 1. The first kappa shape index (κ1) is 18.6. The van der Waals surface area contributed by atoms with E-state index in [2.05, 4.69) is 5.32 Å². The van der Waals surface area contributed by atoms with Gasteiger partial charge in [0.15, 0.2) is 0 Å². The van der Waals surface area contributed by atoms with E-state index in [1.165, 1.54) is 36.4 Å². The summed E-state index contributed by atoms with van der Waals surface area (Å²) in [6.45, 7) is 0. The summed E-state index contributed by atoms with van der Waals surface area (Å²) in [5, 5.41) is 31.5. The SMILES string of the molecule is N#C/C(=C\c1ccc(Cl)c([N+](=O)[O-])c1)C(=O)Nc1ccccc1C(=O)O. The molecule has 0 spiro atoms. The first-order valence-electron chi connectivity index (χ1n) is 7.03. The second-order valence-electron chi connectivity index (χ2n) is 4.94. The van der Waals surface area contributed by atoms with Crippen molar-refractivity contribution in [3.8, 4) is 6.07 Å². The van der Waals surface area contributed by atoms with Gasteiger partial charge in [-0.2, -0.15) is 5.26 Å². The van der Waals surface area contributed by atoms with Gasteiger partial charge in [0.1, 0.15) is 16.7 Å². The molecule has 0 unspecified atom stereocenters. The van der Waals surface area contributed by atoms with Crippen molar-refractivity contribution >= 4 is 40.9 Å². The van der Waals surface area contributed by atoms with Crippen molar-refractivity contribution in [1.82, 2.24) is 0 Å². The van der Waals surface area contributed by atoms with E-state index in [-0.39, 0.29) is 33.1 Å². The average molecular weight is 372 g/mol. The van der Waals surface area contributed by atoms with Crippen molar-refractivity contribution in [3.63, 3.8) is 0 Å². The molecule has 2 aromatic rings. The first-order chi connectivity index (χ1) is 12.3. The second-order valence-corrected chi connectivity index (χ2v) is 5.35. The largest absolute Gasteiger partial charge is 0.478 e. The van der Waals surface area contributed by atoms with Gasteiger partial charge in [0.2, 0.25) is 0 Å². The number of carboxylic acids is 1. The number of nitriles is 1. The van der Waals surface area contributed by atoms with Crippen molar-refractivity contribution in [1.29, 1.82) is 5.26 Å². The van der Waals surface area contributed by atoms with Gasteiger partial charge in [0.25, 0.3) is 11.6 Å². The summed E-state index contributed by atoms with van der Waals surface area (Å²) in [6, 6.07) is 11.2. The summed E-state index contributed by atoms with van der Waals surface area (Å²) in [6.07, 6.45) is 1.14. The van der Waals surface area contributed by atoms with Gasteiger partial charge in [-0.1, -0.05) is 29.8 Å². The van der Waals surface area contributed by atoms with Gasteiger partial charge in [-0.25, -0.2) is 4.79 Å². The maximum Gasteiger partial charge on any atom is 0.337 e. The molecule has 0 atom stereocenters. The second kappa shape index (κ2) is 7.92. The molecule has 9 heteroatoms. The molecule has 0 bridgehead atoms. The molecule has 0 saturated carbocycles. The number of para-hydroxylation sites is 1. The lowest BCUT2D eigenvalue weighted by molar-refractivity contribution is -0.384. The fourth-order valence-electron chi connectivity index (χ4n) is 2.04. The number of hydrogen-bond donors (Lipinski definition) is 2. The van der Waals surface area contributed by atoms with E-state index in [4.69, 9.17) is 16.7 Å². The van der Waals surface area contributed by atoms with Gasteiger partial charge in [0, 0.05) is 6.07 Å². The number of carboxylic acid groups (broad SMARTS) is 1. The van der Waals surface area contributed by atoms with Crippen LogP contribution in [0.3, 0.4) is 0 Å². The number of aromatic carboxylic acids is 1. The number of rotatable bonds is 5. The third-order valence-electron chi connectivity index (χ3n) is 3.25. The van der Waals surface area contributed by atoms with Crippen molar-refractivity contribution in [3.05, 3.63) is 74.3 Å². The normalized spacial score (nSPS) is 10.7. The molecule has 130 valence electrons. The van der Waals surface area contributed by atoms with Crippen LogP contribution in [0.25, 0.3) is 6.08 Å². The van der Waals surface area contributed by atoms with E-state index in [9.17, 15) is 25.0 Å². The van der Waals surface area contributed by atoms with Crippen LogP contribution in [0.2, 0.25) is 5.02 Å². The van der Waals surface area contributed by atoms with E-state index in [1.807, 2.05) is 0 Å². The Bertz CT molecular complexity index is 979. The molecule has 0 heterocycles. The number of carbonyl (C=O) groups is 2. The lowest BCUT2D eigenvalue weighted by atomic mass is 10.1. The minimum Gasteiger partial charge on any atom is -0.478 e. The number of nitro groups is 1. The minimum atomic E-state index is -1.24. The molecular weight excluding hydrogens is 362 g/mol.